The Kier molecular flexibility index (Phi) is 4.59. The number of hydrogen-bond donors (Lipinski definition) is 2. The number of hydrogen-bond acceptors (Lipinski definition) is 6. The molecule has 0 atom stereocenters. The second-order valence-electron chi connectivity index (χ2n) is 4.38. The maximum absolute atomic E-state index is 6.13. The highest BCUT2D eigenvalue weighted by Crippen LogP contribution is 2.22. The maximum Gasteiger partial charge on any atom is 0.225 e. The number of anilines is 2. The number of halogens is 2. The van der Waals surface area contributed by atoms with Gasteiger partial charge in [0.15, 0.2) is 0 Å². The first kappa shape index (κ1) is 14.8. The van der Waals surface area contributed by atoms with Crippen LogP contribution in [-0.2, 0) is 13.1 Å². The quantitative estimate of drug-likeness (QED) is 0.896. The van der Waals surface area contributed by atoms with Crippen LogP contribution in [0.1, 0.15) is 11.4 Å². The van der Waals surface area contributed by atoms with Gasteiger partial charge in [-0.25, -0.2) is 0 Å². The van der Waals surface area contributed by atoms with Crippen LogP contribution in [0.4, 0.5) is 11.9 Å². The highest BCUT2D eigenvalue weighted by molar-refractivity contribution is 6.35. The number of rotatable bonds is 4. The third-order valence-corrected chi connectivity index (χ3v) is 3.17. The van der Waals surface area contributed by atoms with Crippen LogP contribution in [-0.4, -0.2) is 26.9 Å². The molecule has 0 saturated carbocycles. The van der Waals surface area contributed by atoms with E-state index in [4.69, 9.17) is 34.7 Å². The molecular weight excluding hydrogens is 299 g/mol. The van der Waals surface area contributed by atoms with Gasteiger partial charge in [-0.05, 0) is 24.7 Å². The zero-order chi connectivity index (χ0) is 14.7. The lowest BCUT2D eigenvalue weighted by Crippen LogP contribution is -2.20. The molecule has 0 amide bonds. The molecule has 0 saturated heterocycles. The van der Waals surface area contributed by atoms with Crippen LogP contribution in [0.3, 0.4) is 0 Å². The molecule has 1 heterocycles. The summed E-state index contributed by atoms with van der Waals surface area (Å²) in [6.07, 6.45) is 0. The lowest BCUT2D eigenvalue weighted by Gasteiger charge is -2.16. The van der Waals surface area contributed by atoms with E-state index in [9.17, 15) is 0 Å². The molecule has 0 spiro atoms. The molecule has 20 heavy (non-hydrogen) atoms. The molecule has 1 aromatic carbocycles. The Bertz CT molecular complexity index is 599. The maximum atomic E-state index is 6.13. The molecule has 0 aliphatic heterocycles. The molecule has 0 fully saturated rings. The average Bonchev–Trinajstić information content (AvgIpc) is 2.31. The van der Waals surface area contributed by atoms with Crippen molar-refractivity contribution < 1.29 is 0 Å². The fourth-order valence-corrected chi connectivity index (χ4v) is 2.23. The van der Waals surface area contributed by atoms with E-state index in [1.54, 1.807) is 12.1 Å². The smallest absolute Gasteiger partial charge is 0.225 e. The Morgan fingerprint density at radius 3 is 2.30 bits per heavy atom. The largest absolute Gasteiger partial charge is 0.368 e. The first-order valence-corrected chi connectivity index (χ1v) is 6.58. The summed E-state index contributed by atoms with van der Waals surface area (Å²) >= 11 is 12.0. The molecular formula is C12H14Cl2N6. The van der Waals surface area contributed by atoms with Gasteiger partial charge < -0.3 is 11.5 Å². The zero-order valence-corrected chi connectivity index (χ0v) is 12.4. The average molecular weight is 313 g/mol. The van der Waals surface area contributed by atoms with E-state index in [-0.39, 0.29) is 11.9 Å². The zero-order valence-electron chi connectivity index (χ0n) is 10.8. The normalized spacial score (nSPS) is 11.0. The standard InChI is InChI=1S/C12H14Cl2N6/c1-20(5-7-2-3-8(13)4-9(7)14)6-10-17-11(15)19-12(16)18-10/h2-4H,5-6H2,1H3,(H4,15,16,17,18,19). The summed E-state index contributed by atoms with van der Waals surface area (Å²) in [5, 5.41) is 1.23. The van der Waals surface area contributed by atoms with Crippen molar-refractivity contribution in [1.29, 1.82) is 0 Å². The Labute approximate surface area is 126 Å². The lowest BCUT2D eigenvalue weighted by atomic mass is 10.2. The number of nitrogens with zero attached hydrogens (tertiary/aromatic N) is 4. The van der Waals surface area contributed by atoms with Gasteiger partial charge in [0.25, 0.3) is 0 Å². The van der Waals surface area contributed by atoms with Crippen molar-refractivity contribution in [3.63, 3.8) is 0 Å². The Balaban J connectivity index is 2.06. The molecule has 0 unspecified atom stereocenters. The SMILES string of the molecule is CN(Cc1nc(N)nc(N)n1)Cc1ccc(Cl)cc1Cl. The number of nitrogen functional groups attached to an aromatic ring is 2. The Morgan fingerprint density at radius 2 is 1.70 bits per heavy atom. The molecule has 4 N–H and O–H groups in total. The Morgan fingerprint density at radius 1 is 1.05 bits per heavy atom. The molecule has 0 aliphatic rings. The van der Waals surface area contributed by atoms with Crippen LogP contribution in [0.15, 0.2) is 18.2 Å². The number of aromatic nitrogens is 3. The van der Waals surface area contributed by atoms with E-state index < -0.39 is 0 Å². The van der Waals surface area contributed by atoms with Crippen LogP contribution in [0, 0.1) is 0 Å². The molecule has 0 aliphatic carbocycles. The van der Waals surface area contributed by atoms with Crippen LogP contribution < -0.4 is 11.5 Å². The minimum absolute atomic E-state index is 0.116. The number of benzene rings is 1. The van der Waals surface area contributed by atoms with E-state index in [0.717, 1.165) is 5.56 Å². The van der Waals surface area contributed by atoms with Crippen molar-refractivity contribution in [3.8, 4) is 0 Å². The molecule has 106 valence electrons. The monoisotopic (exact) mass is 312 g/mol. The second kappa shape index (κ2) is 6.21. The van der Waals surface area contributed by atoms with Crippen LogP contribution in [0.2, 0.25) is 10.0 Å². The van der Waals surface area contributed by atoms with Crippen LogP contribution in [0.25, 0.3) is 0 Å². The van der Waals surface area contributed by atoms with Crippen molar-refractivity contribution >= 4 is 35.1 Å². The van der Waals surface area contributed by atoms with Crippen LogP contribution in [0.5, 0.6) is 0 Å². The molecule has 0 radical (unpaired) electrons. The van der Waals surface area contributed by atoms with Crippen molar-refractivity contribution in [2.24, 2.45) is 0 Å². The van der Waals surface area contributed by atoms with E-state index in [1.807, 2.05) is 18.0 Å². The van der Waals surface area contributed by atoms with Gasteiger partial charge in [-0.1, -0.05) is 29.3 Å². The van der Waals surface area contributed by atoms with Gasteiger partial charge >= 0.3 is 0 Å². The van der Waals surface area contributed by atoms with Crippen LogP contribution >= 0.6 is 23.2 Å². The molecule has 6 nitrogen and oxygen atoms in total. The Hall–Kier alpha value is -1.63. The molecule has 8 heteroatoms. The fraction of sp³-hybridized carbons (Fsp3) is 0.250. The van der Waals surface area contributed by atoms with Crippen molar-refractivity contribution in [2.45, 2.75) is 13.1 Å². The summed E-state index contributed by atoms with van der Waals surface area (Å²) in [7, 11) is 1.92. The highest BCUT2D eigenvalue weighted by atomic mass is 35.5. The van der Waals surface area contributed by atoms with Gasteiger partial charge in [0.2, 0.25) is 11.9 Å². The van der Waals surface area contributed by atoms with Crippen molar-refractivity contribution in [2.75, 3.05) is 18.5 Å². The summed E-state index contributed by atoms with van der Waals surface area (Å²) in [6.45, 7) is 1.11. The summed E-state index contributed by atoms with van der Waals surface area (Å²) < 4.78 is 0. The third-order valence-electron chi connectivity index (χ3n) is 2.58. The van der Waals surface area contributed by atoms with E-state index in [1.165, 1.54) is 0 Å². The van der Waals surface area contributed by atoms with Gasteiger partial charge in [-0.3, -0.25) is 4.90 Å². The first-order valence-electron chi connectivity index (χ1n) is 5.82. The third kappa shape index (κ3) is 3.93. The second-order valence-corrected chi connectivity index (χ2v) is 5.22. The minimum Gasteiger partial charge on any atom is -0.368 e. The summed E-state index contributed by atoms with van der Waals surface area (Å²) in [6, 6.07) is 5.40. The highest BCUT2D eigenvalue weighted by Gasteiger charge is 2.09. The van der Waals surface area contributed by atoms with Gasteiger partial charge in [-0.15, -0.1) is 0 Å². The van der Waals surface area contributed by atoms with Gasteiger partial charge in [0.1, 0.15) is 5.82 Å². The summed E-state index contributed by atoms with van der Waals surface area (Å²) in [5.41, 5.74) is 12.0. The lowest BCUT2D eigenvalue weighted by molar-refractivity contribution is 0.310. The van der Waals surface area contributed by atoms with E-state index >= 15 is 0 Å². The van der Waals surface area contributed by atoms with Gasteiger partial charge in [-0.2, -0.15) is 15.0 Å². The van der Waals surface area contributed by atoms with E-state index in [2.05, 4.69) is 15.0 Å². The number of nitrogens with two attached hydrogens (primary N) is 2. The first-order chi connectivity index (χ1) is 9.44. The van der Waals surface area contributed by atoms with Gasteiger partial charge in [0.05, 0.1) is 6.54 Å². The topological polar surface area (TPSA) is 94.0 Å². The molecule has 2 aromatic rings. The predicted molar refractivity (Wildman–Crippen MR) is 80.3 cm³/mol. The predicted octanol–water partition coefficient (Wildman–Crippen LogP) is 1.97. The van der Waals surface area contributed by atoms with E-state index in [0.29, 0.717) is 29.0 Å². The molecule has 2 rings (SSSR count). The fourth-order valence-electron chi connectivity index (χ4n) is 1.77. The minimum atomic E-state index is 0.116. The summed E-state index contributed by atoms with van der Waals surface area (Å²) in [5.74, 6) is 0.749. The molecule has 0 bridgehead atoms. The molecule has 1 aromatic heterocycles. The van der Waals surface area contributed by atoms with Gasteiger partial charge in [0, 0.05) is 16.6 Å². The van der Waals surface area contributed by atoms with Crippen molar-refractivity contribution in [3.05, 3.63) is 39.6 Å². The van der Waals surface area contributed by atoms with Crippen molar-refractivity contribution in [1.82, 2.24) is 19.9 Å². The summed E-state index contributed by atoms with van der Waals surface area (Å²) in [4.78, 5) is 13.8.